The first-order chi connectivity index (χ1) is 12.3. The van der Waals surface area contributed by atoms with Gasteiger partial charge in [-0.2, -0.15) is 0 Å². The van der Waals surface area contributed by atoms with Crippen molar-refractivity contribution in [2.24, 2.45) is 5.92 Å². The van der Waals surface area contributed by atoms with Gasteiger partial charge in [-0.1, -0.05) is 36.4 Å². The lowest BCUT2D eigenvalue weighted by Gasteiger charge is -2.32. The van der Waals surface area contributed by atoms with Crippen LogP contribution >= 0.6 is 11.8 Å². The van der Waals surface area contributed by atoms with Gasteiger partial charge in [-0.3, -0.25) is 4.79 Å². The van der Waals surface area contributed by atoms with Gasteiger partial charge in [-0.05, 0) is 36.5 Å². The zero-order valence-electron chi connectivity index (χ0n) is 14.4. The smallest absolute Gasteiger partial charge is 0.230 e. The molecule has 0 atom stereocenters. The zero-order valence-corrected chi connectivity index (χ0v) is 15.3. The predicted octanol–water partition coefficient (Wildman–Crippen LogP) is 3.35. The van der Waals surface area contributed by atoms with Crippen molar-refractivity contribution in [3.63, 3.8) is 0 Å². The topological polar surface area (TPSA) is 45.2 Å². The monoisotopic (exact) mass is 355 g/mol. The lowest BCUT2D eigenvalue weighted by Crippen LogP contribution is -2.39. The Morgan fingerprint density at radius 3 is 2.60 bits per heavy atom. The molecule has 1 fully saturated rings. The summed E-state index contributed by atoms with van der Waals surface area (Å²) in [6.45, 7) is 2.82. The summed E-state index contributed by atoms with van der Waals surface area (Å²) in [6, 6.07) is 16.3. The fourth-order valence-electron chi connectivity index (χ4n) is 3.05. The fourth-order valence-corrected chi connectivity index (χ4v) is 3.87. The number of thioether (sulfide) groups is 1. The number of rotatable bonds is 7. The van der Waals surface area contributed by atoms with Gasteiger partial charge in [0.15, 0.2) is 0 Å². The van der Waals surface area contributed by atoms with E-state index in [2.05, 4.69) is 33.4 Å². The number of amides is 1. The van der Waals surface area contributed by atoms with E-state index >= 15 is 0 Å². The highest BCUT2D eigenvalue weighted by atomic mass is 32.2. The number of benzene rings is 1. The quantitative estimate of drug-likeness (QED) is 0.827. The lowest BCUT2D eigenvalue weighted by atomic mass is 9.97. The number of carbonyl (C=O) groups is 1. The molecule has 0 spiro atoms. The summed E-state index contributed by atoms with van der Waals surface area (Å²) in [7, 11) is 0. The Labute approximate surface area is 154 Å². The molecule has 1 aromatic heterocycles. The predicted molar refractivity (Wildman–Crippen MR) is 105 cm³/mol. The number of carbonyl (C=O) groups excluding carboxylic acids is 1. The highest BCUT2D eigenvalue weighted by molar-refractivity contribution is 7.99. The molecule has 2 heterocycles. The normalized spacial score (nSPS) is 15.1. The molecular weight excluding hydrogens is 330 g/mol. The number of nitrogens with one attached hydrogen (secondary N) is 1. The first kappa shape index (κ1) is 17.8. The number of nitrogens with zero attached hydrogens (tertiary/aromatic N) is 2. The van der Waals surface area contributed by atoms with Crippen LogP contribution in [-0.4, -0.2) is 36.3 Å². The molecule has 0 unspecified atom stereocenters. The Morgan fingerprint density at radius 2 is 1.88 bits per heavy atom. The number of hydrogen-bond acceptors (Lipinski definition) is 4. The third kappa shape index (κ3) is 5.78. The van der Waals surface area contributed by atoms with Gasteiger partial charge in [0.05, 0.1) is 5.75 Å². The van der Waals surface area contributed by atoms with Crippen LogP contribution in [0, 0.1) is 5.92 Å². The molecule has 3 rings (SSSR count). The van der Waals surface area contributed by atoms with Crippen LogP contribution < -0.4 is 10.2 Å². The third-order valence-electron chi connectivity index (χ3n) is 4.52. The van der Waals surface area contributed by atoms with Crippen LogP contribution in [-0.2, 0) is 10.5 Å². The summed E-state index contributed by atoms with van der Waals surface area (Å²) in [4.78, 5) is 18.8. The Kier molecular flexibility index (Phi) is 6.74. The molecular formula is C20H25N3OS. The second-order valence-corrected chi connectivity index (χ2v) is 7.39. The zero-order chi connectivity index (χ0) is 17.3. The van der Waals surface area contributed by atoms with Crippen LogP contribution in [0.3, 0.4) is 0 Å². The van der Waals surface area contributed by atoms with Crippen molar-refractivity contribution in [2.75, 3.05) is 30.3 Å². The minimum atomic E-state index is 0.146. The van der Waals surface area contributed by atoms with Crippen molar-refractivity contribution in [2.45, 2.75) is 18.6 Å². The van der Waals surface area contributed by atoms with E-state index in [1.165, 1.54) is 5.56 Å². The molecule has 0 radical (unpaired) electrons. The highest BCUT2D eigenvalue weighted by Crippen LogP contribution is 2.21. The van der Waals surface area contributed by atoms with Crippen molar-refractivity contribution < 1.29 is 4.79 Å². The van der Waals surface area contributed by atoms with Crippen molar-refractivity contribution in [3.05, 3.63) is 60.3 Å². The summed E-state index contributed by atoms with van der Waals surface area (Å²) >= 11 is 1.67. The average molecular weight is 356 g/mol. The van der Waals surface area contributed by atoms with Crippen molar-refractivity contribution >= 4 is 23.5 Å². The second kappa shape index (κ2) is 9.47. The first-order valence-electron chi connectivity index (χ1n) is 8.85. The van der Waals surface area contributed by atoms with Crippen LogP contribution in [0.5, 0.6) is 0 Å². The van der Waals surface area contributed by atoms with Gasteiger partial charge in [-0.25, -0.2) is 4.98 Å². The lowest BCUT2D eigenvalue weighted by molar-refractivity contribution is -0.118. The molecule has 1 amide bonds. The molecule has 132 valence electrons. The van der Waals surface area contributed by atoms with Crippen LogP contribution in [0.25, 0.3) is 0 Å². The Hall–Kier alpha value is -2.01. The van der Waals surface area contributed by atoms with E-state index in [0.717, 1.165) is 44.0 Å². The minimum absolute atomic E-state index is 0.146. The number of aromatic nitrogens is 1. The molecule has 1 aliphatic rings. The molecule has 2 aromatic rings. The molecule has 1 N–H and O–H groups in total. The molecule has 4 nitrogen and oxygen atoms in total. The molecule has 0 saturated carbocycles. The van der Waals surface area contributed by atoms with Gasteiger partial charge in [0, 0.05) is 31.6 Å². The summed E-state index contributed by atoms with van der Waals surface area (Å²) in [6.07, 6.45) is 4.05. The van der Waals surface area contributed by atoms with Crippen LogP contribution in [0.15, 0.2) is 54.7 Å². The minimum Gasteiger partial charge on any atom is -0.357 e. The maximum Gasteiger partial charge on any atom is 0.230 e. The largest absolute Gasteiger partial charge is 0.357 e. The van der Waals surface area contributed by atoms with E-state index in [0.29, 0.717) is 11.7 Å². The van der Waals surface area contributed by atoms with Gasteiger partial charge in [-0.15, -0.1) is 11.8 Å². The number of pyridine rings is 1. The van der Waals surface area contributed by atoms with Gasteiger partial charge in [0.1, 0.15) is 5.82 Å². The number of piperidine rings is 1. The van der Waals surface area contributed by atoms with Gasteiger partial charge >= 0.3 is 0 Å². The molecule has 1 saturated heterocycles. The summed E-state index contributed by atoms with van der Waals surface area (Å²) in [5.41, 5.74) is 1.27. The summed E-state index contributed by atoms with van der Waals surface area (Å²) in [5, 5.41) is 3.10. The SMILES string of the molecule is O=C(CSCc1ccccc1)NCC1CCN(c2ccccn2)CC1. The Bertz CT molecular complexity index is 643. The molecule has 5 heteroatoms. The van der Waals surface area contributed by atoms with Gasteiger partial charge in [0.2, 0.25) is 5.91 Å². The second-order valence-electron chi connectivity index (χ2n) is 6.40. The molecule has 1 aliphatic heterocycles. The van der Waals surface area contributed by atoms with Gasteiger partial charge < -0.3 is 10.2 Å². The van der Waals surface area contributed by atoms with E-state index < -0.39 is 0 Å². The maximum atomic E-state index is 12.0. The molecule has 0 aliphatic carbocycles. The maximum absolute atomic E-state index is 12.0. The average Bonchev–Trinajstić information content (AvgIpc) is 2.68. The first-order valence-corrected chi connectivity index (χ1v) is 10.0. The van der Waals surface area contributed by atoms with E-state index in [-0.39, 0.29) is 5.91 Å². The van der Waals surface area contributed by atoms with Gasteiger partial charge in [0.25, 0.3) is 0 Å². The molecule has 0 bridgehead atoms. The standard InChI is InChI=1S/C20H25N3OS/c24-20(16-25-15-18-6-2-1-3-7-18)22-14-17-9-12-23(13-10-17)19-8-4-5-11-21-19/h1-8,11,17H,9-10,12-16H2,(H,22,24). The summed E-state index contributed by atoms with van der Waals surface area (Å²) in [5.74, 6) is 3.19. The van der Waals surface area contributed by atoms with Crippen molar-refractivity contribution in [3.8, 4) is 0 Å². The number of hydrogen-bond donors (Lipinski definition) is 1. The molecule has 1 aromatic carbocycles. The third-order valence-corrected chi connectivity index (χ3v) is 5.52. The van der Waals surface area contributed by atoms with Crippen LogP contribution in [0.2, 0.25) is 0 Å². The highest BCUT2D eigenvalue weighted by Gasteiger charge is 2.20. The van der Waals surface area contributed by atoms with Crippen LogP contribution in [0.4, 0.5) is 5.82 Å². The van der Waals surface area contributed by atoms with E-state index in [1.807, 2.05) is 36.5 Å². The van der Waals surface area contributed by atoms with E-state index in [4.69, 9.17) is 0 Å². The number of anilines is 1. The Balaban J connectivity index is 1.31. The fraction of sp³-hybridized carbons (Fsp3) is 0.400. The van der Waals surface area contributed by atoms with Crippen LogP contribution in [0.1, 0.15) is 18.4 Å². The van der Waals surface area contributed by atoms with E-state index in [1.54, 1.807) is 11.8 Å². The molecule has 25 heavy (non-hydrogen) atoms. The Morgan fingerprint density at radius 1 is 1.12 bits per heavy atom. The van der Waals surface area contributed by atoms with Crippen molar-refractivity contribution in [1.29, 1.82) is 0 Å². The summed E-state index contributed by atoms with van der Waals surface area (Å²) < 4.78 is 0. The van der Waals surface area contributed by atoms with Crippen molar-refractivity contribution in [1.82, 2.24) is 10.3 Å². The van der Waals surface area contributed by atoms with E-state index in [9.17, 15) is 4.79 Å².